The van der Waals surface area contributed by atoms with E-state index in [0.717, 1.165) is 5.56 Å². The number of benzene rings is 1. The number of hydrogen-bond acceptors (Lipinski definition) is 4. The number of rotatable bonds is 7. The molecule has 0 spiro atoms. The van der Waals surface area contributed by atoms with Gasteiger partial charge in [0.1, 0.15) is 0 Å². The van der Waals surface area contributed by atoms with Crippen LogP contribution in [0.25, 0.3) is 0 Å². The summed E-state index contributed by atoms with van der Waals surface area (Å²) in [7, 11) is 0. The predicted octanol–water partition coefficient (Wildman–Crippen LogP) is 2.51. The van der Waals surface area contributed by atoms with Gasteiger partial charge in [0, 0.05) is 30.4 Å². The maximum Gasteiger partial charge on any atom is 0.338 e. The van der Waals surface area contributed by atoms with Gasteiger partial charge in [-0.15, -0.1) is 0 Å². The minimum Gasteiger partial charge on any atom is -0.478 e. The van der Waals surface area contributed by atoms with Crippen molar-refractivity contribution < 1.29 is 14.7 Å². The summed E-state index contributed by atoms with van der Waals surface area (Å²) < 4.78 is 3.10. The van der Waals surface area contributed by atoms with Crippen LogP contribution in [0, 0.1) is 0 Å². The lowest BCUT2D eigenvalue weighted by Crippen LogP contribution is -2.14. The largest absolute Gasteiger partial charge is 0.478 e. The summed E-state index contributed by atoms with van der Waals surface area (Å²) in [5.41, 5.74) is 1.60. The van der Waals surface area contributed by atoms with E-state index in [2.05, 4.69) is 15.5 Å². The standard InChI is InChI=1S/C17H16ClN5O3/c18-15-4-2-1-3-12(15)9-23-11-14(8-20-23)21-16(24)5-6-22-10-13(7-19-22)17(25)26/h1-4,7-8,10-11H,5-6,9H2,(H,21,24)(H,25,26). The van der Waals surface area contributed by atoms with Crippen LogP contribution in [0.5, 0.6) is 0 Å². The highest BCUT2D eigenvalue weighted by Crippen LogP contribution is 2.16. The number of aromatic nitrogens is 4. The number of nitrogens with zero attached hydrogens (tertiary/aromatic N) is 4. The van der Waals surface area contributed by atoms with Gasteiger partial charge in [-0.2, -0.15) is 10.2 Å². The zero-order chi connectivity index (χ0) is 18.5. The minimum atomic E-state index is -1.05. The summed E-state index contributed by atoms with van der Waals surface area (Å²) in [6, 6.07) is 7.49. The number of carbonyl (C=O) groups excluding carboxylic acids is 1. The second-order valence-corrected chi connectivity index (χ2v) is 6.02. The van der Waals surface area contributed by atoms with Crippen LogP contribution in [-0.2, 0) is 17.9 Å². The molecule has 3 aromatic rings. The van der Waals surface area contributed by atoms with E-state index in [1.54, 1.807) is 17.1 Å². The zero-order valence-corrected chi connectivity index (χ0v) is 14.4. The lowest BCUT2D eigenvalue weighted by atomic mass is 10.2. The molecule has 1 amide bonds. The van der Waals surface area contributed by atoms with Crippen molar-refractivity contribution in [2.24, 2.45) is 0 Å². The highest BCUT2D eigenvalue weighted by Gasteiger charge is 2.09. The summed E-state index contributed by atoms with van der Waals surface area (Å²) in [5, 5.41) is 20.4. The van der Waals surface area contributed by atoms with Gasteiger partial charge >= 0.3 is 5.97 Å². The van der Waals surface area contributed by atoms with E-state index < -0.39 is 5.97 Å². The maximum atomic E-state index is 12.0. The Hall–Kier alpha value is -3.13. The van der Waals surface area contributed by atoms with Gasteiger partial charge in [-0.3, -0.25) is 14.2 Å². The Morgan fingerprint density at radius 1 is 1.12 bits per heavy atom. The van der Waals surface area contributed by atoms with Crippen LogP contribution in [0.15, 0.2) is 49.1 Å². The fraction of sp³-hybridized carbons (Fsp3) is 0.176. The van der Waals surface area contributed by atoms with Gasteiger partial charge in [-0.25, -0.2) is 4.79 Å². The molecule has 0 saturated heterocycles. The minimum absolute atomic E-state index is 0.0891. The van der Waals surface area contributed by atoms with E-state index in [9.17, 15) is 9.59 Å². The Bertz CT molecular complexity index is 934. The van der Waals surface area contributed by atoms with Crippen molar-refractivity contribution >= 4 is 29.2 Å². The van der Waals surface area contributed by atoms with E-state index in [1.165, 1.54) is 17.1 Å². The molecule has 0 radical (unpaired) electrons. The molecule has 2 N–H and O–H groups in total. The Labute approximate surface area is 154 Å². The summed E-state index contributed by atoms with van der Waals surface area (Å²) in [6.45, 7) is 0.785. The number of aryl methyl sites for hydroxylation is 1. The first-order chi connectivity index (χ1) is 12.5. The number of hydrogen-bond donors (Lipinski definition) is 2. The van der Waals surface area contributed by atoms with Crippen molar-refractivity contribution in [1.29, 1.82) is 0 Å². The number of carbonyl (C=O) groups is 2. The number of aromatic carboxylic acids is 1. The van der Waals surface area contributed by atoms with Crippen molar-refractivity contribution in [3.8, 4) is 0 Å². The first kappa shape index (κ1) is 17.7. The number of carboxylic acids is 1. The molecular formula is C17H16ClN5O3. The van der Waals surface area contributed by atoms with Crippen LogP contribution >= 0.6 is 11.6 Å². The Morgan fingerprint density at radius 2 is 1.88 bits per heavy atom. The van der Waals surface area contributed by atoms with Crippen molar-refractivity contribution in [2.45, 2.75) is 19.5 Å². The quantitative estimate of drug-likeness (QED) is 0.662. The van der Waals surface area contributed by atoms with E-state index >= 15 is 0 Å². The van der Waals surface area contributed by atoms with E-state index in [4.69, 9.17) is 16.7 Å². The highest BCUT2D eigenvalue weighted by molar-refractivity contribution is 6.31. The third kappa shape index (κ3) is 4.48. The Balaban J connectivity index is 1.52. The first-order valence-corrected chi connectivity index (χ1v) is 8.20. The van der Waals surface area contributed by atoms with Gasteiger partial charge in [-0.05, 0) is 11.6 Å². The fourth-order valence-electron chi connectivity index (χ4n) is 2.35. The molecule has 0 aliphatic rings. The molecule has 3 rings (SSSR count). The molecule has 1 aromatic carbocycles. The van der Waals surface area contributed by atoms with Crippen molar-refractivity contribution in [2.75, 3.05) is 5.32 Å². The molecule has 0 aliphatic heterocycles. The van der Waals surface area contributed by atoms with Gasteiger partial charge in [0.25, 0.3) is 0 Å². The molecule has 2 heterocycles. The van der Waals surface area contributed by atoms with Crippen molar-refractivity contribution in [1.82, 2.24) is 19.6 Å². The van der Waals surface area contributed by atoms with Crippen LogP contribution < -0.4 is 5.32 Å². The number of anilines is 1. The number of amides is 1. The summed E-state index contributed by atoms with van der Waals surface area (Å²) in [6.07, 6.45) is 6.08. The normalized spacial score (nSPS) is 10.7. The lowest BCUT2D eigenvalue weighted by molar-refractivity contribution is -0.116. The number of nitrogens with one attached hydrogen (secondary N) is 1. The van der Waals surface area contributed by atoms with Crippen LogP contribution in [-0.4, -0.2) is 36.5 Å². The molecular weight excluding hydrogens is 358 g/mol. The monoisotopic (exact) mass is 373 g/mol. The Kier molecular flexibility index (Phi) is 5.33. The summed E-state index contributed by atoms with van der Waals surface area (Å²) >= 11 is 6.13. The molecule has 0 bridgehead atoms. The average Bonchev–Trinajstić information content (AvgIpc) is 3.25. The molecule has 0 unspecified atom stereocenters. The molecule has 0 aliphatic carbocycles. The number of carboxylic acid groups (broad SMARTS) is 1. The predicted molar refractivity (Wildman–Crippen MR) is 95.2 cm³/mol. The second-order valence-electron chi connectivity index (χ2n) is 5.61. The van der Waals surface area contributed by atoms with E-state index in [-0.39, 0.29) is 24.4 Å². The van der Waals surface area contributed by atoms with Gasteiger partial charge in [0.05, 0.1) is 30.2 Å². The third-order valence-corrected chi connectivity index (χ3v) is 4.02. The van der Waals surface area contributed by atoms with E-state index in [0.29, 0.717) is 17.3 Å². The molecule has 134 valence electrons. The Morgan fingerprint density at radius 3 is 2.62 bits per heavy atom. The second kappa shape index (κ2) is 7.83. The number of halogens is 1. The SMILES string of the molecule is O=C(CCn1cc(C(=O)O)cn1)Nc1cnn(Cc2ccccc2Cl)c1. The van der Waals surface area contributed by atoms with Crippen LogP contribution in [0.4, 0.5) is 5.69 Å². The fourth-order valence-corrected chi connectivity index (χ4v) is 2.55. The summed E-state index contributed by atoms with van der Waals surface area (Å²) in [5.74, 6) is -1.26. The molecule has 26 heavy (non-hydrogen) atoms. The molecule has 0 fully saturated rings. The lowest BCUT2D eigenvalue weighted by Gasteiger charge is -2.04. The van der Waals surface area contributed by atoms with Crippen LogP contribution in [0.1, 0.15) is 22.3 Å². The van der Waals surface area contributed by atoms with Gasteiger partial charge in [0.2, 0.25) is 5.91 Å². The maximum absolute atomic E-state index is 12.0. The molecule has 8 nitrogen and oxygen atoms in total. The smallest absolute Gasteiger partial charge is 0.338 e. The van der Waals surface area contributed by atoms with Gasteiger partial charge in [-0.1, -0.05) is 29.8 Å². The van der Waals surface area contributed by atoms with Crippen LogP contribution in [0.3, 0.4) is 0 Å². The van der Waals surface area contributed by atoms with Gasteiger partial charge in [0.15, 0.2) is 0 Å². The molecule has 0 saturated carbocycles. The average molecular weight is 374 g/mol. The van der Waals surface area contributed by atoms with Crippen LogP contribution in [0.2, 0.25) is 5.02 Å². The van der Waals surface area contributed by atoms with Gasteiger partial charge < -0.3 is 10.4 Å². The van der Waals surface area contributed by atoms with Crippen molar-refractivity contribution in [3.63, 3.8) is 0 Å². The summed E-state index contributed by atoms with van der Waals surface area (Å²) in [4.78, 5) is 22.8. The third-order valence-electron chi connectivity index (χ3n) is 3.66. The molecule has 0 atom stereocenters. The van der Waals surface area contributed by atoms with E-state index in [1.807, 2.05) is 24.3 Å². The zero-order valence-electron chi connectivity index (χ0n) is 13.7. The highest BCUT2D eigenvalue weighted by atomic mass is 35.5. The topological polar surface area (TPSA) is 102 Å². The molecule has 9 heteroatoms. The molecule has 2 aromatic heterocycles. The van der Waals surface area contributed by atoms with Crippen molar-refractivity contribution in [3.05, 3.63) is 65.2 Å². The first-order valence-electron chi connectivity index (χ1n) is 7.83.